The summed E-state index contributed by atoms with van der Waals surface area (Å²) in [5.74, 6) is 0. The Hall–Kier alpha value is 0.310. The molecule has 26 valence electrons. The third-order valence-corrected chi connectivity index (χ3v) is 0. The molecule has 0 radical (unpaired) electrons. The van der Waals surface area contributed by atoms with Gasteiger partial charge in [0.2, 0.25) is 0 Å². The zero-order valence-electron chi connectivity index (χ0n) is 3.06. The Morgan fingerprint density at radius 1 is 1.80 bits per heavy atom. The van der Waals surface area contributed by atoms with E-state index in [0.29, 0.717) is 0 Å². The molecule has 0 saturated carbocycles. The molecule has 0 saturated heterocycles. The van der Waals surface area contributed by atoms with Crippen LogP contribution in [0, 0.1) is 0 Å². The summed E-state index contributed by atoms with van der Waals surface area (Å²) in [6.07, 6.45) is 0. The molecule has 0 bridgehead atoms. The van der Waals surface area contributed by atoms with Gasteiger partial charge in [0.05, 0.1) is 0 Å². The third-order valence-electron chi connectivity index (χ3n) is 0. The molecule has 2 nitrogen and oxygen atoms in total. The number of hydrogen-bond acceptors (Lipinski definition) is 1. The first kappa shape index (κ1) is 9.00. The average Bonchev–Trinajstić information content (AvgIpc) is 0.811. The van der Waals surface area contributed by atoms with Gasteiger partial charge in [-0.15, -0.1) is 0 Å². The van der Waals surface area contributed by atoms with Crippen molar-refractivity contribution < 1.29 is 29.4 Å². The molecule has 0 atom stereocenters. The van der Waals surface area contributed by atoms with Crippen LogP contribution in [0.5, 0.6) is 0 Å². The Bertz CT molecular complexity index is 32.6. The molecular formula is CH4O2SiZn. The van der Waals surface area contributed by atoms with Crippen molar-refractivity contribution in [1.29, 1.82) is 0 Å². The molecule has 0 aromatic rings. The van der Waals surface area contributed by atoms with E-state index in [-0.39, 0.29) is 29.7 Å². The van der Waals surface area contributed by atoms with E-state index in [9.17, 15) is 0 Å². The summed E-state index contributed by atoms with van der Waals surface area (Å²) < 4.78 is 0. The van der Waals surface area contributed by atoms with Crippen LogP contribution in [0.15, 0.2) is 0 Å². The second-order valence-corrected chi connectivity index (χ2v) is 1.37. The summed E-state index contributed by atoms with van der Waals surface area (Å²) in [6, 6.07) is 0. The van der Waals surface area contributed by atoms with Crippen LogP contribution in [-0.2, 0) is 19.5 Å². The fourth-order valence-corrected chi connectivity index (χ4v) is 0. The number of carboxylic acid groups (broad SMARTS) is 1. The van der Waals surface area contributed by atoms with E-state index in [1.807, 2.05) is 0 Å². The summed E-state index contributed by atoms with van der Waals surface area (Å²) in [4.78, 5) is 9.06. The van der Waals surface area contributed by atoms with Crippen LogP contribution >= 0.6 is 0 Å². The van der Waals surface area contributed by atoms with Crippen LogP contribution in [-0.4, -0.2) is 20.9 Å². The first-order valence-corrected chi connectivity index (χ1v) is 1.93. The van der Waals surface area contributed by atoms with Gasteiger partial charge in [-0.1, -0.05) is 0 Å². The minimum Gasteiger partial charge on any atom is -0.486 e. The van der Waals surface area contributed by atoms with E-state index in [0.717, 1.165) is 0 Å². The summed E-state index contributed by atoms with van der Waals surface area (Å²) in [6.45, 7) is 0. The maximum Gasteiger partial charge on any atom is 0.257 e. The first-order valence-electron chi connectivity index (χ1n) is 0.928. The van der Waals surface area contributed by atoms with E-state index in [4.69, 9.17) is 9.90 Å². The molecule has 0 rings (SSSR count). The van der Waals surface area contributed by atoms with Gasteiger partial charge in [0.25, 0.3) is 5.59 Å². The molecule has 0 aliphatic carbocycles. The van der Waals surface area contributed by atoms with Crippen molar-refractivity contribution in [2.45, 2.75) is 0 Å². The van der Waals surface area contributed by atoms with Crippen LogP contribution in [0.2, 0.25) is 0 Å². The fourth-order valence-electron chi connectivity index (χ4n) is 0. The summed E-state index contributed by atoms with van der Waals surface area (Å²) in [5, 5.41) is 7.48. The van der Waals surface area contributed by atoms with E-state index < -0.39 is 5.59 Å². The van der Waals surface area contributed by atoms with Gasteiger partial charge >= 0.3 is 0 Å². The molecule has 1 N–H and O–H groups in total. The largest absolute Gasteiger partial charge is 0.486 e. The third kappa shape index (κ3) is 239. The van der Waals surface area contributed by atoms with E-state index >= 15 is 0 Å². The summed E-state index contributed by atoms with van der Waals surface area (Å²) in [5.41, 5.74) is -0.694. The van der Waals surface area contributed by atoms with Gasteiger partial charge in [0.1, 0.15) is 10.2 Å². The second kappa shape index (κ2) is 4.31. The van der Waals surface area contributed by atoms with E-state index in [1.54, 1.807) is 0 Å². The smallest absolute Gasteiger partial charge is 0.257 e. The maximum absolute atomic E-state index is 9.06. The molecule has 0 fully saturated rings. The number of rotatable bonds is 0. The average molecular weight is 142 g/mol. The fraction of sp³-hybridized carbons (Fsp3) is 0. The Morgan fingerprint density at radius 2 is 1.80 bits per heavy atom. The van der Waals surface area contributed by atoms with Crippen LogP contribution in [0.4, 0.5) is 4.79 Å². The topological polar surface area (TPSA) is 37.3 Å². The maximum atomic E-state index is 9.06. The molecule has 0 aliphatic heterocycles. The molecule has 5 heavy (non-hydrogen) atoms. The van der Waals surface area contributed by atoms with Crippen molar-refractivity contribution in [1.82, 2.24) is 0 Å². The monoisotopic (exact) mass is 140 g/mol. The van der Waals surface area contributed by atoms with Crippen molar-refractivity contribution in [3.63, 3.8) is 0 Å². The minimum absolute atomic E-state index is 0. The van der Waals surface area contributed by atoms with Gasteiger partial charge in [-0.25, -0.2) is 0 Å². The zero-order valence-corrected chi connectivity index (χ0v) is 8.03. The number of hydrogen-bond donors (Lipinski definition) is 1. The first-order chi connectivity index (χ1) is 1.73. The SMILES string of the molecule is O=C(O)[SiH3].[Zn]. The Balaban J connectivity index is 0. The molecule has 0 spiro atoms. The number of carbonyl (C=O) groups is 1. The predicted molar refractivity (Wildman–Crippen MR) is 18.0 cm³/mol. The molecular weight excluding hydrogens is 137 g/mol. The van der Waals surface area contributed by atoms with Crippen LogP contribution in [0.25, 0.3) is 0 Å². The van der Waals surface area contributed by atoms with Gasteiger partial charge < -0.3 is 5.11 Å². The van der Waals surface area contributed by atoms with Crippen LogP contribution in [0.3, 0.4) is 0 Å². The molecule has 0 aliphatic rings. The second-order valence-electron chi connectivity index (χ2n) is 0.519. The Kier molecular flexibility index (Phi) is 7.76. The van der Waals surface area contributed by atoms with Gasteiger partial charge in [0.15, 0.2) is 0 Å². The van der Waals surface area contributed by atoms with E-state index in [1.165, 1.54) is 0 Å². The molecule has 0 unspecified atom stereocenters. The van der Waals surface area contributed by atoms with Crippen molar-refractivity contribution in [2.75, 3.05) is 0 Å². The molecule has 0 aromatic carbocycles. The molecule has 4 heteroatoms. The quantitative estimate of drug-likeness (QED) is 0.441. The predicted octanol–water partition coefficient (Wildman–Crippen LogP) is -0.973. The van der Waals surface area contributed by atoms with Crippen LogP contribution < -0.4 is 0 Å². The van der Waals surface area contributed by atoms with Gasteiger partial charge in [-0.3, -0.25) is 4.79 Å². The van der Waals surface area contributed by atoms with Crippen molar-refractivity contribution in [3.05, 3.63) is 0 Å². The minimum atomic E-state index is -0.694. The normalized spacial score (nSPS) is 5.60. The van der Waals surface area contributed by atoms with Gasteiger partial charge in [-0.05, 0) is 0 Å². The molecule has 0 aromatic heterocycles. The summed E-state index contributed by atoms with van der Waals surface area (Å²) in [7, 11) is 0.265. The summed E-state index contributed by atoms with van der Waals surface area (Å²) >= 11 is 0. The van der Waals surface area contributed by atoms with Crippen molar-refractivity contribution >= 4 is 15.8 Å². The molecule has 0 amide bonds. The van der Waals surface area contributed by atoms with Gasteiger partial charge in [-0.2, -0.15) is 0 Å². The zero-order chi connectivity index (χ0) is 3.58. The van der Waals surface area contributed by atoms with Crippen LogP contribution in [0.1, 0.15) is 0 Å². The van der Waals surface area contributed by atoms with Crippen molar-refractivity contribution in [3.8, 4) is 0 Å². The standard InChI is InChI=1S/CH4O2Si.Zn/c2-1(3)4;/h4H3,(H,2,3);. The van der Waals surface area contributed by atoms with E-state index in [2.05, 4.69) is 0 Å². The Morgan fingerprint density at radius 3 is 1.80 bits per heavy atom. The molecule has 0 heterocycles. The van der Waals surface area contributed by atoms with Gasteiger partial charge in [0, 0.05) is 19.5 Å². The van der Waals surface area contributed by atoms with Crippen molar-refractivity contribution in [2.24, 2.45) is 0 Å². The Labute approximate surface area is 45.7 Å².